The van der Waals surface area contributed by atoms with Crippen LogP contribution >= 0.6 is 0 Å². The summed E-state index contributed by atoms with van der Waals surface area (Å²) < 4.78 is 95.8. The Balaban J connectivity index is 1.28. The van der Waals surface area contributed by atoms with Gasteiger partial charge in [0.1, 0.15) is 11.5 Å². The second kappa shape index (κ2) is 10.1. The van der Waals surface area contributed by atoms with Gasteiger partial charge in [-0.2, -0.15) is 36.3 Å². The Morgan fingerprint density at radius 1 is 0.703 bits per heavy atom. The molecule has 0 fully saturated rings. The maximum absolute atomic E-state index is 12.7. The molecule has 196 valence electrons. The Hall–Kier alpha value is -4.10. The molecule has 2 aromatic carbocycles. The van der Waals surface area contributed by atoms with Crippen LogP contribution in [-0.2, 0) is 12.4 Å². The lowest BCUT2D eigenvalue weighted by atomic mass is 10.1. The van der Waals surface area contributed by atoms with Crippen molar-refractivity contribution in [1.29, 1.82) is 0 Å². The molecule has 0 N–H and O–H groups in total. The Morgan fingerprint density at radius 2 is 1.19 bits per heavy atom. The molecule has 2 heterocycles. The minimum absolute atomic E-state index is 0.176. The highest BCUT2D eigenvalue weighted by atomic mass is 19.4. The van der Waals surface area contributed by atoms with E-state index in [0.717, 1.165) is 0 Å². The van der Waals surface area contributed by atoms with Gasteiger partial charge in [-0.05, 0) is 61.4 Å². The summed E-state index contributed by atoms with van der Waals surface area (Å²) in [5.74, 6) is -2.15. The number of halogens is 6. The Morgan fingerprint density at radius 3 is 1.68 bits per heavy atom. The number of hydrogen-bond donors (Lipinski definition) is 0. The smallest absolute Gasteiger partial charge is 0.471 e. The van der Waals surface area contributed by atoms with Crippen LogP contribution in [0.15, 0.2) is 45.4 Å². The van der Waals surface area contributed by atoms with Gasteiger partial charge < -0.3 is 18.5 Å². The van der Waals surface area contributed by atoms with Gasteiger partial charge in [0.25, 0.3) is 0 Å². The number of aryl methyl sites for hydroxylation is 2. The molecule has 0 saturated carbocycles. The van der Waals surface area contributed by atoms with Crippen LogP contribution in [0.3, 0.4) is 0 Å². The normalized spacial score (nSPS) is 12.1. The van der Waals surface area contributed by atoms with Crippen molar-refractivity contribution >= 4 is 0 Å². The lowest BCUT2D eigenvalue weighted by molar-refractivity contribution is -0.160. The molecule has 0 atom stereocenters. The van der Waals surface area contributed by atoms with Crippen LogP contribution in [0.5, 0.6) is 11.5 Å². The SMILES string of the molecule is Cc1cc(-c2noc(C(F)(F)F)n2)cc(C)c1OCCCOc1ccc(-c2noc(C(F)(F)F)n2)cc1. The molecule has 0 spiro atoms. The molecule has 8 nitrogen and oxygen atoms in total. The van der Waals surface area contributed by atoms with Crippen LogP contribution in [-0.4, -0.2) is 33.5 Å². The van der Waals surface area contributed by atoms with E-state index in [1.807, 2.05) is 0 Å². The Bertz CT molecular complexity index is 1340. The van der Waals surface area contributed by atoms with E-state index in [2.05, 4.69) is 29.3 Å². The van der Waals surface area contributed by atoms with E-state index in [0.29, 0.717) is 53.4 Å². The van der Waals surface area contributed by atoms with Crippen LogP contribution < -0.4 is 9.47 Å². The van der Waals surface area contributed by atoms with Crippen LogP contribution in [0.1, 0.15) is 29.3 Å². The van der Waals surface area contributed by atoms with Crippen molar-refractivity contribution in [3.8, 4) is 34.3 Å². The van der Waals surface area contributed by atoms with Crippen molar-refractivity contribution in [2.75, 3.05) is 13.2 Å². The summed E-state index contributed by atoms with van der Waals surface area (Å²) in [5.41, 5.74) is 2.06. The van der Waals surface area contributed by atoms with Gasteiger partial charge in [-0.15, -0.1) is 0 Å². The van der Waals surface area contributed by atoms with E-state index >= 15 is 0 Å². The number of ether oxygens (including phenoxy) is 2. The summed E-state index contributed by atoms with van der Waals surface area (Å²) >= 11 is 0. The van der Waals surface area contributed by atoms with Gasteiger partial charge in [0, 0.05) is 17.5 Å². The third kappa shape index (κ3) is 6.19. The highest BCUT2D eigenvalue weighted by molar-refractivity contribution is 5.61. The molecule has 0 saturated heterocycles. The highest BCUT2D eigenvalue weighted by Crippen LogP contribution is 2.33. The van der Waals surface area contributed by atoms with Crippen LogP contribution in [0.25, 0.3) is 22.8 Å². The van der Waals surface area contributed by atoms with Crippen LogP contribution in [0.2, 0.25) is 0 Å². The predicted molar refractivity (Wildman–Crippen MR) is 115 cm³/mol. The molecular formula is C23H18F6N4O4. The number of aromatic nitrogens is 4. The number of rotatable bonds is 8. The molecule has 0 radical (unpaired) electrons. The van der Waals surface area contributed by atoms with Crippen molar-refractivity contribution in [3.05, 3.63) is 59.3 Å². The van der Waals surface area contributed by atoms with E-state index in [-0.39, 0.29) is 11.6 Å². The summed E-state index contributed by atoms with van der Waals surface area (Å²) in [6, 6.07) is 9.35. The first kappa shape index (κ1) is 26.0. The first-order valence-electron chi connectivity index (χ1n) is 10.7. The maximum Gasteiger partial charge on any atom is 0.471 e. The second-order valence-corrected chi connectivity index (χ2v) is 7.86. The predicted octanol–water partition coefficient (Wildman–Crippen LogP) is 6.29. The Labute approximate surface area is 205 Å². The minimum atomic E-state index is -4.72. The fraction of sp³-hybridized carbons (Fsp3) is 0.304. The zero-order valence-corrected chi connectivity index (χ0v) is 19.3. The van der Waals surface area contributed by atoms with Crippen molar-refractivity contribution in [3.63, 3.8) is 0 Å². The monoisotopic (exact) mass is 528 g/mol. The number of benzene rings is 2. The molecule has 0 bridgehead atoms. The first-order chi connectivity index (χ1) is 17.4. The molecule has 0 unspecified atom stereocenters. The van der Waals surface area contributed by atoms with Crippen molar-refractivity contribution in [2.45, 2.75) is 32.6 Å². The molecule has 37 heavy (non-hydrogen) atoms. The highest BCUT2D eigenvalue weighted by Gasteiger charge is 2.39. The zero-order chi connectivity index (χ0) is 26.8. The van der Waals surface area contributed by atoms with Gasteiger partial charge in [-0.25, -0.2) is 0 Å². The van der Waals surface area contributed by atoms with E-state index < -0.39 is 24.1 Å². The van der Waals surface area contributed by atoms with E-state index in [9.17, 15) is 26.3 Å². The van der Waals surface area contributed by atoms with E-state index in [1.165, 1.54) is 12.1 Å². The standard InChI is InChI=1S/C23H18F6N4O4/c1-12-10-15(19-31-21(37-33-19)23(27,28)29)11-13(2)17(12)35-9-3-8-34-16-6-4-14(5-7-16)18-30-20(36-32-18)22(24,25)26/h4-7,10-11H,3,8-9H2,1-2H3. The second-order valence-electron chi connectivity index (χ2n) is 7.86. The van der Waals surface area contributed by atoms with Gasteiger partial charge in [0.15, 0.2) is 0 Å². The molecule has 4 rings (SSSR count). The average Bonchev–Trinajstić information content (AvgIpc) is 3.51. The topological polar surface area (TPSA) is 96.3 Å². The van der Waals surface area contributed by atoms with Crippen molar-refractivity contribution in [2.24, 2.45) is 0 Å². The average molecular weight is 528 g/mol. The molecule has 0 aliphatic heterocycles. The van der Waals surface area contributed by atoms with Gasteiger partial charge in [-0.1, -0.05) is 10.3 Å². The number of alkyl halides is 6. The molecule has 0 amide bonds. The minimum Gasteiger partial charge on any atom is -0.493 e. The maximum atomic E-state index is 12.7. The quantitative estimate of drug-likeness (QED) is 0.195. The van der Waals surface area contributed by atoms with E-state index in [4.69, 9.17) is 9.47 Å². The van der Waals surface area contributed by atoms with Crippen LogP contribution in [0.4, 0.5) is 26.3 Å². The molecule has 14 heteroatoms. The van der Waals surface area contributed by atoms with E-state index in [1.54, 1.807) is 38.1 Å². The molecule has 4 aromatic rings. The summed E-state index contributed by atoms with van der Waals surface area (Å²) in [7, 11) is 0. The molecular weight excluding hydrogens is 510 g/mol. The molecule has 0 aliphatic rings. The van der Waals surface area contributed by atoms with Crippen LogP contribution in [0, 0.1) is 13.8 Å². The molecule has 2 aromatic heterocycles. The van der Waals surface area contributed by atoms with Gasteiger partial charge in [0.05, 0.1) is 13.2 Å². The number of nitrogens with zero attached hydrogens (tertiary/aromatic N) is 4. The fourth-order valence-electron chi connectivity index (χ4n) is 3.34. The van der Waals surface area contributed by atoms with Crippen molar-refractivity contribution < 1.29 is 44.9 Å². The summed E-state index contributed by atoms with van der Waals surface area (Å²) in [5, 5.41) is 6.72. The fourth-order valence-corrected chi connectivity index (χ4v) is 3.34. The lowest BCUT2D eigenvalue weighted by Crippen LogP contribution is -2.07. The first-order valence-corrected chi connectivity index (χ1v) is 10.7. The summed E-state index contributed by atoms with van der Waals surface area (Å²) in [6.45, 7) is 4.08. The summed E-state index contributed by atoms with van der Waals surface area (Å²) in [4.78, 5) is 6.72. The largest absolute Gasteiger partial charge is 0.493 e. The van der Waals surface area contributed by atoms with Gasteiger partial charge >= 0.3 is 24.1 Å². The summed E-state index contributed by atoms with van der Waals surface area (Å²) in [6.07, 6.45) is -8.94. The van der Waals surface area contributed by atoms with Crippen molar-refractivity contribution in [1.82, 2.24) is 20.3 Å². The van der Waals surface area contributed by atoms with Gasteiger partial charge in [0.2, 0.25) is 11.6 Å². The third-order valence-electron chi connectivity index (χ3n) is 4.97. The lowest BCUT2D eigenvalue weighted by Gasteiger charge is -2.13. The third-order valence-corrected chi connectivity index (χ3v) is 4.97. The zero-order valence-electron chi connectivity index (χ0n) is 19.3. The Kier molecular flexibility index (Phi) is 7.09. The number of hydrogen-bond acceptors (Lipinski definition) is 8. The van der Waals surface area contributed by atoms with Gasteiger partial charge in [-0.3, -0.25) is 0 Å². The molecule has 0 aliphatic carbocycles.